The molecule has 31 heavy (non-hydrogen) atoms. The number of fused-ring (bicyclic) bond motifs is 2. The highest BCUT2D eigenvalue weighted by atomic mass is 35.5. The van der Waals surface area contributed by atoms with E-state index in [-0.39, 0.29) is 0 Å². The van der Waals surface area contributed by atoms with Crippen molar-refractivity contribution in [2.24, 2.45) is 7.05 Å². The first-order valence-corrected chi connectivity index (χ1v) is 10.7. The molecule has 0 aromatic carbocycles. The number of hydrogen-bond donors (Lipinski definition) is 2. The van der Waals surface area contributed by atoms with E-state index in [9.17, 15) is 0 Å². The van der Waals surface area contributed by atoms with Crippen LogP contribution >= 0.6 is 22.9 Å². The van der Waals surface area contributed by atoms with Gasteiger partial charge in [0, 0.05) is 23.7 Å². The molecule has 8 nitrogen and oxygen atoms in total. The largest absolute Gasteiger partial charge is 0.335 e. The van der Waals surface area contributed by atoms with E-state index in [0.717, 1.165) is 48.5 Å². The third kappa shape index (κ3) is 2.85. The molecule has 152 valence electrons. The van der Waals surface area contributed by atoms with Gasteiger partial charge >= 0.3 is 0 Å². The molecular weight excluding hydrogens is 432 g/mol. The molecular formula is C21H15ClN8S. The van der Waals surface area contributed by atoms with Gasteiger partial charge in [0.25, 0.3) is 0 Å². The van der Waals surface area contributed by atoms with Crippen molar-refractivity contribution in [2.75, 3.05) is 0 Å². The highest BCUT2D eigenvalue weighted by molar-refractivity contribution is 7.19. The van der Waals surface area contributed by atoms with Crippen LogP contribution in [0.25, 0.3) is 55.5 Å². The van der Waals surface area contributed by atoms with Crippen molar-refractivity contribution in [1.29, 1.82) is 0 Å². The smallest absolute Gasteiger partial charge is 0.178 e. The summed E-state index contributed by atoms with van der Waals surface area (Å²) >= 11 is 7.66. The molecule has 0 unspecified atom stereocenters. The molecule has 6 heterocycles. The average Bonchev–Trinajstić information content (AvgIpc) is 3.54. The number of aromatic amines is 2. The fraction of sp³-hybridized carbons (Fsp3) is 0.0952. The standard InChI is InChI=1S/C21H15ClN8S/c1-10-24-9-14(30(10)2)12-3-4-13-18(25-12)19(29-28-13)21-26-17-11(7-8-23-20(17)27-21)15-5-6-16(22)31-15/h3-9H,1-2H3,(H,28,29)(H,23,26,27). The lowest BCUT2D eigenvalue weighted by molar-refractivity contribution is 0.862. The van der Waals surface area contributed by atoms with Crippen molar-refractivity contribution in [2.45, 2.75) is 6.92 Å². The number of H-pyrrole nitrogens is 2. The summed E-state index contributed by atoms with van der Waals surface area (Å²) in [5, 5.41) is 7.53. The van der Waals surface area contributed by atoms with Crippen molar-refractivity contribution >= 4 is 45.1 Å². The first-order valence-electron chi connectivity index (χ1n) is 9.53. The Bertz CT molecular complexity index is 1590. The lowest BCUT2D eigenvalue weighted by Gasteiger charge is -2.03. The summed E-state index contributed by atoms with van der Waals surface area (Å²) in [6, 6.07) is 9.76. The molecule has 0 aliphatic carbocycles. The van der Waals surface area contributed by atoms with Gasteiger partial charge in [-0.1, -0.05) is 11.6 Å². The number of hydrogen-bond acceptors (Lipinski definition) is 6. The van der Waals surface area contributed by atoms with Crippen LogP contribution in [0.4, 0.5) is 0 Å². The minimum Gasteiger partial charge on any atom is -0.335 e. The molecule has 0 saturated carbocycles. The van der Waals surface area contributed by atoms with Gasteiger partial charge in [-0.25, -0.2) is 19.9 Å². The van der Waals surface area contributed by atoms with Crippen LogP contribution < -0.4 is 0 Å². The molecule has 0 spiro atoms. The lowest BCUT2D eigenvalue weighted by Crippen LogP contribution is -1.96. The maximum atomic E-state index is 6.14. The number of pyridine rings is 2. The zero-order chi connectivity index (χ0) is 21.1. The van der Waals surface area contributed by atoms with E-state index in [1.54, 1.807) is 6.20 Å². The lowest BCUT2D eigenvalue weighted by atomic mass is 10.2. The van der Waals surface area contributed by atoms with Crippen LogP contribution in [0.15, 0.2) is 42.7 Å². The summed E-state index contributed by atoms with van der Waals surface area (Å²) in [5.74, 6) is 1.53. The van der Waals surface area contributed by atoms with Crippen LogP contribution in [0.1, 0.15) is 5.82 Å². The van der Waals surface area contributed by atoms with E-state index >= 15 is 0 Å². The van der Waals surface area contributed by atoms with Crippen molar-refractivity contribution in [3.8, 4) is 33.3 Å². The van der Waals surface area contributed by atoms with E-state index in [4.69, 9.17) is 16.6 Å². The Morgan fingerprint density at radius 3 is 2.74 bits per heavy atom. The van der Waals surface area contributed by atoms with Crippen LogP contribution in [0.5, 0.6) is 0 Å². The minimum absolute atomic E-state index is 0.606. The summed E-state index contributed by atoms with van der Waals surface area (Å²) in [6.07, 6.45) is 3.58. The molecule has 0 saturated heterocycles. The van der Waals surface area contributed by atoms with Crippen molar-refractivity contribution in [3.05, 3.63) is 52.9 Å². The quantitative estimate of drug-likeness (QED) is 0.399. The maximum Gasteiger partial charge on any atom is 0.178 e. The van der Waals surface area contributed by atoms with E-state index in [1.807, 2.05) is 55.1 Å². The van der Waals surface area contributed by atoms with Gasteiger partial charge in [0.2, 0.25) is 0 Å². The number of nitrogens with zero attached hydrogens (tertiary/aromatic N) is 6. The van der Waals surface area contributed by atoms with E-state index in [0.29, 0.717) is 17.2 Å². The molecule has 2 N–H and O–H groups in total. The zero-order valence-corrected chi connectivity index (χ0v) is 18.1. The Morgan fingerprint density at radius 1 is 1.06 bits per heavy atom. The predicted molar refractivity (Wildman–Crippen MR) is 122 cm³/mol. The number of thiophene rings is 1. The Balaban J connectivity index is 1.52. The number of rotatable bonds is 3. The van der Waals surface area contributed by atoms with Crippen LogP contribution in [0, 0.1) is 6.92 Å². The molecule has 0 amide bonds. The van der Waals surface area contributed by atoms with Crippen LogP contribution in [-0.2, 0) is 7.05 Å². The van der Waals surface area contributed by atoms with E-state index in [1.165, 1.54) is 11.3 Å². The maximum absolute atomic E-state index is 6.14. The second-order valence-electron chi connectivity index (χ2n) is 7.16. The third-order valence-corrected chi connectivity index (χ3v) is 6.61. The molecule has 10 heteroatoms. The van der Waals surface area contributed by atoms with Gasteiger partial charge < -0.3 is 9.55 Å². The molecule has 0 aliphatic rings. The van der Waals surface area contributed by atoms with Gasteiger partial charge in [-0.15, -0.1) is 11.3 Å². The number of aryl methyl sites for hydroxylation is 1. The predicted octanol–water partition coefficient (Wildman–Crippen LogP) is 4.99. The summed E-state index contributed by atoms with van der Waals surface area (Å²) in [4.78, 5) is 22.8. The average molecular weight is 447 g/mol. The number of aromatic nitrogens is 8. The van der Waals surface area contributed by atoms with Gasteiger partial charge in [-0.05, 0) is 37.3 Å². The molecule has 6 rings (SSSR count). The highest BCUT2D eigenvalue weighted by Gasteiger charge is 2.18. The Hall–Kier alpha value is -3.56. The molecule has 0 aliphatic heterocycles. The molecule has 0 radical (unpaired) electrons. The molecule has 6 aromatic rings. The van der Waals surface area contributed by atoms with Crippen molar-refractivity contribution < 1.29 is 0 Å². The summed E-state index contributed by atoms with van der Waals surface area (Å²) in [6.45, 7) is 1.96. The van der Waals surface area contributed by atoms with Crippen LogP contribution in [0.3, 0.4) is 0 Å². The van der Waals surface area contributed by atoms with Crippen LogP contribution in [0.2, 0.25) is 4.34 Å². The summed E-state index contributed by atoms with van der Waals surface area (Å²) in [7, 11) is 1.98. The minimum atomic E-state index is 0.606. The van der Waals surface area contributed by atoms with Gasteiger partial charge in [-0.3, -0.25) is 5.10 Å². The number of imidazole rings is 2. The van der Waals surface area contributed by atoms with Crippen LogP contribution in [-0.4, -0.2) is 39.7 Å². The second kappa shape index (κ2) is 6.73. The summed E-state index contributed by atoms with van der Waals surface area (Å²) < 4.78 is 2.75. The topological polar surface area (TPSA) is 101 Å². The number of halogens is 1. The second-order valence-corrected chi connectivity index (χ2v) is 8.88. The van der Waals surface area contributed by atoms with Gasteiger partial charge in [0.15, 0.2) is 17.2 Å². The first-order chi connectivity index (χ1) is 15.1. The molecule has 0 bridgehead atoms. The SMILES string of the molecule is Cc1ncc(-c2ccc3[nH]nc(-c4nc5nccc(-c6ccc(Cl)s6)c5[nH]4)c3n2)n1C. The normalized spacial score (nSPS) is 11.7. The molecule has 0 fully saturated rings. The molecule has 0 atom stereocenters. The van der Waals surface area contributed by atoms with Gasteiger partial charge in [-0.2, -0.15) is 5.10 Å². The fourth-order valence-corrected chi connectivity index (χ4v) is 4.71. The third-order valence-electron chi connectivity index (χ3n) is 5.35. The first kappa shape index (κ1) is 18.2. The molecule has 6 aromatic heterocycles. The van der Waals surface area contributed by atoms with Gasteiger partial charge in [0.1, 0.15) is 11.3 Å². The number of nitrogens with one attached hydrogen (secondary N) is 2. The Labute approximate surface area is 185 Å². The van der Waals surface area contributed by atoms with E-state index in [2.05, 4.69) is 30.1 Å². The monoisotopic (exact) mass is 446 g/mol. The zero-order valence-electron chi connectivity index (χ0n) is 16.5. The van der Waals surface area contributed by atoms with Crippen molar-refractivity contribution in [1.82, 2.24) is 39.7 Å². The van der Waals surface area contributed by atoms with E-state index < -0.39 is 0 Å². The Morgan fingerprint density at radius 2 is 1.97 bits per heavy atom. The van der Waals surface area contributed by atoms with Gasteiger partial charge in [0.05, 0.1) is 33.0 Å². The Kier molecular flexibility index (Phi) is 3.95. The van der Waals surface area contributed by atoms with Crippen molar-refractivity contribution in [3.63, 3.8) is 0 Å². The highest BCUT2D eigenvalue weighted by Crippen LogP contribution is 2.35. The fourth-order valence-electron chi connectivity index (χ4n) is 3.63. The summed E-state index contributed by atoms with van der Waals surface area (Å²) in [5.41, 5.74) is 6.42.